The van der Waals surface area contributed by atoms with Crippen molar-refractivity contribution in [2.45, 2.75) is 37.0 Å². The third kappa shape index (κ3) is 3.66. The standard InChI is InChI=1S/C18H24N2O5S/c21-18(17-12-24-15-3-1-2-4-16(15)25-17)19-11-13-7-9-20(10-8-13)26(22,23)14-5-6-14/h1-4,13-14,17H,5-12H2,(H,19,21)/t17-/m0/s1. The summed E-state index contributed by atoms with van der Waals surface area (Å²) in [5.41, 5.74) is 0. The Hall–Kier alpha value is -1.80. The van der Waals surface area contributed by atoms with Gasteiger partial charge < -0.3 is 14.8 Å². The average molecular weight is 380 g/mol. The molecule has 1 atom stereocenters. The van der Waals surface area contributed by atoms with E-state index in [0.29, 0.717) is 37.1 Å². The van der Waals surface area contributed by atoms with E-state index in [1.54, 1.807) is 10.4 Å². The third-order valence-corrected chi connectivity index (χ3v) is 7.64. The lowest BCUT2D eigenvalue weighted by Gasteiger charge is -2.32. The number of nitrogens with zero attached hydrogens (tertiary/aromatic N) is 1. The van der Waals surface area contributed by atoms with Crippen molar-refractivity contribution in [1.29, 1.82) is 0 Å². The lowest BCUT2D eigenvalue weighted by molar-refractivity contribution is -0.130. The maximum absolute atomic E-state index is 12.3. The fourth-order valence-corrected chi connectivity index (χ4v) is 5.33. The predicted molar refractivity (Wildman–Crippen MR) is 95.6 cm³/mol. The molecule has 2 aliphatic heterocycles. The van der Waals surface area contributed by atoms with Crippen LogP contribution >= 0.6 is 0 Å². The maximum Gasteiger partial charge on any atom is 0.264 e. The summed E-state index contributed by atoms with van der Waals surface area (Å²) in [6.07, 6.45) is 2.49. The van der Waals surface area contributed by atoms with E-state index in [9.17, 15) is 13.2 Å². The largest absolute Gasteiger partial charge is 0.485 e. The Morgan fingerprint density at radius 2 is 1.81 bits per heavy atom. The minimum atomic E-state index is -3.08. The number of hydrogen-bond donors (Lipinski definition) is 1. The lowest BCUT2D eigenvalue weighted by atomic mass is 9.98. The molecule has 0 bridgehead atoms. The highest BCUT2D eigenvalue weighted by atomic mass is 32.2. The summed E-state index contributed by atoms with van der Waals surface area (Å²) in [6.45, 7) is 1.84. The fourth-order valence-electron chi connectivity index (χ4n) is 3.45. The van der Waals surface area contributed by atoms with Gasteiger partial charge in [0, 0.05) is 19.6 Å². The highest BCUT2D eigenvalue weighted by Gasteiger charge is 2.41. The SMILES string of the molecule is O=C(NCC1CCN(S(=O)(=O)C2CC2)CC1)[C@@H]1COc2ccccc2O1. The van der Waals surface area contributed by atoms with Crippen LogP contribution in [-0.4, -0.2) is 56.2 Å². The number of nitrogens with one attached hydrogen (secondary N) is 1. The zero-order chi connectivity index (χ0) is 18.1. The van der Waals surface area contributed by atoms with Gasteiger partial charge in [0.15, 0.2) is 11.5 Å². The first-order valence-corrected chi connectivity index (χ1v) is 10.7. The van der Waals surface area contributed by atoms with Gasteiger partial charge in [-0.1, -0.05) is 12.1 Å². The maximum atomic E-state index is 12.3. The van der Waals surface area contributed by atoms with Gasteiger partial charge in [-0.15, -0.1) is 0 Å². The van der Waals surface area contributed by atoms with Gasteiger partial charge in [0.1, 0.15) is 6.61 Å². The molecule has 26 heavy (non-hydrogen) atoms. The number of rotatable bonds is 5. The van der Waals surface area contributed by atoms with Gasteiger partial charge >= 0.3 is 0 Å². The summed E-state index contributed by atoms with van der Waals surface area (Å²) in [6, 6.07) is 7.29. The van der Waals surface area contributed by atoms with Crippen molar-refractivity contribution in [3.63, 3.8) is 0 Å². The van der Waals surface area contributed by atoms with Crippen LogP contribution < -0.4 is 14.8 Å². The van der Waals surface area contributed by atoms with E-state index >= 15 is 0 Å². The van der Waals surface area contributed by atoms with Crippen LogP contribution in [0.15, 0.2) is 24.3 Å². The van der Waals surface area contributed by atoms with E-state index in [1.165, 1.54) is 0 Å². The molecule has 4 rings (SSSR count). The number of ether oxygens (including phenoxy) is 2. The van der Waals surface area contributed by atoms with Crippen LogP contribution in [0.2, 0.25) is 0 Å². The molecule has 2 heterocycles. The summed E-state index contributed by atoms with van der Waals surface area (Å²) in [4.78, 5) is 12.3. The molecule has 0 unspecified atom stereocenters. The van der Waals surface area contributed by atoms with Crippen molar-refractivity contribution in [3.8, 4) is 11.5 Å². The van der Waals surface area contributed by atoms with Crippen molar-refractivity contribution in [2.75, 3.05) is 26.2 Å². The molecule has 2 fully saturated rings. The number of amides is 1. The van der Waals surface area contributed by atoms with Crippen LogP contribution in [0.5, 0.6) is 11.5 Å². The minimum Gasteiger partial charge on any atom is -0.485 e. The number of piperidine rings is 1. The Balaban J connectivity index is 1.23. The number of fused-ring (bicyclic) bond motifs is 1. The summed E-state index contributed by atoms with van der Waals surface area (Å²) in [5, 5.41) is 2.78. The van der Waals surface area contributed by atoms with E-state index in [0.717, 1.165) is 25.7 Å². The number of carbonyl (C=O) groups is 1. The number of carbonyl (C=O) groups excluding carboxylic acids is 1. The minimum absolute atomic E-state index is 0.148. The van der Waals surface area contributed by atoms with E-state index < -0.39 is 16.1 Å². The van der Waals surface area contributed by atoms with Crippen molar-refractivity contribution in [2.24, 2.45) is 5.92 Å². The summed E-state index contributed by atoms with van der Waals surface area (Å²) >= 11 is 0. The van der Waals surface area contributed by atoms with E-state index in [4.69, 9.17) is 9.47 Å². The first kappa shape index (κ1) is 17.6. The number of para-hydroxylation sites is 2. The normalized spacial score (nSPS) is 24.2. The smallest absolute Gasteiger partial charge is 0.264 e. The highest BCUT2D eigenvalue weighted by molar-refractivity contribution is 7.90. The summed E-state index contributed by atoms with van der Waals surface area (Å²) in [7, 11) is -3.08. The van der Waals surface area contributed by atoms with Gasteiger partial charge in [-0.05, 0) is 43.7 Å². The third-order valence-electron chi connectivity index (χ3n) is 5.25. The van der Waals surface area contributed by atoms with Crippen molar-refractivity contribution in [1.82, 2.24) is 9.62 Å². The second kappa shape index (κ2) is 7.08. The molecule has 3 aliphatic rings. The molecular formula is C18H24N2O5S. The van der Waals surface area contributed by atoms with Crippen molar-refractivity contribution >= 4 is 15.9 Å². The Kier molecular flexibility index (Phi) is 4.79. The molecule has 1 aromatic rings. The topological polar surface area (TPSA) is 84.9 Å². The van der Waals surface area contributed by atoms with Crippen molar-refractivity contribution in [3.05, 3.63) is 24.3 Å². The summed E-state index contributed by atoms with van der Waals surface area (Å²) in [5.74, 6) is 1.34. The predicted octanol–water partition coefficient (Wildman–Crippen LogP) is 1.15. The highest BCUT2D eigenvalue weighted by Crippen LogP contribution is 2.33. The molecule has 1 aliphatic carbocycles. The van der Waals surface area contributed by atoms with Gasteiger partial charge in [0.05, 0.1) is 5.25 Å². The number of hydrogen-bond acceptors (Lipinski definition) is 5. The van der Waals surface area contributed by atoms with Gasteiger partial charge in [-0.25, -0.2) is 12.7 Å². The Bertz CT molecular complexity index is 770. The molecule has 0 radical (unpaired) electrons. The van der Waals surface area contributed by atoms with E-state index in [-0.39, 0.29) is 17.8 Å². The van der Waals surface area contributed by atoms with Crippen LogP contribution in [0.25, 0.3) is 0 Å². The quantitative estimate of drug-likeness (QED) is 0.828. The van der Waals surface area contributed by atoms with Crippen LogP contribution in [0.1, 0.15) is 25.7 Å². The summed E-state index contributed by atoms with van der Waals surface area (Å²) < 4.78 is 37.4. The molecule has 0 aromatic heterocycles. The molecule has 8 heteroatoms. The van der Waals surface area contributed by atoms with Gasteiger partial charge in [0.2, 0.25) is 16.1 Å². The Morgan fingerprint density at radius 1 is 1.12 bits per heavy atom. The number of sulfonamides is 1. The zero-order valence-corrected chi connectivity index (χ0v) is 15.4. The Labute approximate surface area is 153 Å². The molecule has 1 N–H and O–H groups in total. The van der Waals surface area contributed by atoms with Gasteiger partial charge in [0.25, 0.3) is 5.91 Å². The first-order valence-electron chi connectivity index (χ1n) is 9.19. The molecule has 142 valence electrons. The molecule has 1 saturated carbocycles. The number of benzene rings is 1. The van der Waals surface area contributed by atoms with Gasteiger partial charge in [-0.2, -0.15) is 0 Å². The monoisotopic (exact) mass is 380 g/mol. The molecule has 1 saturated heterocycles. The van der Waals surface area contributed by atoms with Gasteiger partial charge in [-0.3, -0.25) is 4.79 Å². The van der Waals surface area contributed by atoms with Crippen LogP contribution in [0.4, 0.5) is 0 Å². The second-order valence-corrected chi connectivity index (χ2v) is 9.41. The van der Waals surface area contributed by atoms with Crippen LogP contribution in [0.3, 0.4) is 0 Å². The van der Waals surface area contributed by atoms with Crippen LogP contribution in [-0.2, 0) is 14.8 Å². The molecule has 0 spiro atoms. The van der Waals surface area contributed by atoms with E-state index in [1.807, 2.05) is 18.2 Å². The zero-order valence-electron chi connectivity index (χ0n) is 14.6. The van der Waals surface area contributed by atoms with E-state index in [2.05, 4.69) is 5.32 Å². The fraction of sp³-hybridized carbons (Fsp3) is 0.611. The first-order chi connectivity index (χ1) is 12.5. The molecule has 7 nitrogen and oxygen atoms in total. The molecular weight excluding hydrogens is 356 g/mol. The molecule has 1 amide bonds. The molecule has 1 aromatic carbocycles. The average Bonchev–Trinajstić information content (AvgIpc) is 3.52. The second-order valence-electron chi connectivity index (χ2n) is 7.20. The Morgan fingerprint density at radius 3 is 2.50 bits per heavy atom. The lowest BCUT2D eigenvalue weighted by Crippen LogP contribution is -2.47. The van der Waals surface area contributed by atoms with Crippen molar-refractivity contribution < 1.29 is 22.7 Å². The van der Waals surface area contributed by atoms with Crippen LogP contribution in [0, 0.1) is 5.92 Å².